The van der Waals surface area contributed by atoms with Gasteiger partial charge in [-0.25, -0.2) is 14.5 Å². The van der Waals surface area contributed by atoms with E-state index in [0.717, 1.165) is 59.9 Å². The molecule has 1 amide bonds. The van der Waals surface area contributed by atoms with Crippen LogP contribution in [0, 0.1) is 5.92 Å². The van der Waals surface area contributed by atoms with E-state index in [-0.39, 0.29) is 5.91 Å². The fraction of sp³-hybridized carbons (Fsp3) is 0.533. The number of piperidine rings is 1. The summed E-state index contributed by atoms with van der Waals surface area (Å²) >= 11 is 8.41. The molecule has 0 radical (unpaired) electrons. The first kappa shape index (κ1) is 28.9. The van der Waals surface area contributed by atoms with Gasteiger partial charge in [-0.3, -0.25) is 4.79 Å². The van der Waals surface area contributed by atoms with Gasteiger partial charge in [0.2, 0.25) is 5.91 Å². The van der Waals surface area contributed by atoms with E-state index in [1.807, 2.05) is 43.7 Å². The topological polar surface area (TPSA) is 111 Å². The lowest BCUT2D eigenvalue weighted by molar-refractivity contribution is -0.154. The summed E-state index contributed by atoms with van der Waals surface area (Å²) in [6, 6.07) is 6.03. The minimum Gasteiger partial charge on any atom is -0.427 e. The molecule has 2 N–H and O–H groups in total. The van der Waals surface area contributed by atoms with Gasteiger partial charge in [-0.05, 0) is 83.4 Å². The summed E-state index contributed by atoms with van der Waals surface area (Å²) in [5, 5.41) is 14.4. The van der Waals surface area contributed by atoms with Gasteiger partial charge in [-0.2, -0.15) is 5.10 Å². The monoisotopic (exact) mass is 612 g/mol. The highest BCUT2D eigenvalue weighted by atomic mass is 35.5. The Morgan fingerprint density at radius 1 is 1.14 bits per heavy atom. The highest BCUT2D eigenvalue weighted by Gasteiger charge is 2.36. The molecule has 12 heteroatoms. The van der Waals surface area contributed by atoms with E-state index in [9.17, 15) is 9.59 Å². The van der Waals surface area contributed by atoms with Crippen molar-refractivity contribution in [2.75, 3.05) is 30.3 Å². The number of fused-ring (bicyclic) bond motifs is 3. The number of carbonyl (C=O) groups is 2. The molecular formula is C30H37ClN6O4S. The van der Waals surface area contributed by atoms with Crippen LogP contribution in [0.4, 0.5) is 15.6 Å². The first-order valence-corrected chi connectivity index (χ1v) is 15.8. The lowest BCUT2D eigenvalue weighted by Crippen LogP contribution is -2.38. The number of ether oxygens (including phenoxy) is 1. The maximum absolute atomic E-state index is 12.0. The van der Waals surface area contributed by atoms with Crippen molar-refractivity contribution in [3.8, 4) is 16.3 Å². The standard InChI is InChI=1S/C30H37ClN6O4S/c1-17(38)33-28-34-23-9-8-21-25(19-5-6-19)35-37(26(21)27(23)42-28)24-10-7-20(15-22(24)31)32-16-18-11-13-36(14-12-18)41-29(39)40-30(2,3)4/h7,10,15,18-19,32H,5-6,8-9,11-14,16H2,1-4H3,(H,33,34,38). The molecule has 224 valence electrons. The van der Waals surface area contributed by atoms with E-state index < -0.39 is 11.8 Å². The van der Waals surface area contributed by atoms with Crippen LogP contribution in [0.25, 0.3) is 16.3 Å². The third-order valence-electron chi connectivity index (χ3n) is 7.72. The molecule has 1 aromatic carbocycles. The number of hydrogen-bond donors (Lipinski definition) is 2. The molecule has 2 aromatic heterocycles. The number of amides is 1. The highest BCUT2D eigenvalue weighted by Crippen LogP contribution is 2.48. The third kappa shape index (κ3) is 6.43. The Balaban J connectivity index is 1.14. The van der Waals surface area contributed by atoms with Gasteiger partial charge >= 0.3 is 6.16 Å². The predicted molar refractivity (Wildman–Crippen MR) is 163 cm³/mol. The van der Waals surface area contributed by atoms with Crippen molar-refractivity contribution in [3.63, 3.8) is 0 Å². The zero-order valence-corrected chi connectivity index (χ0v) is 26.0. The molecule has 1 saturated carbocycles. The van der Waals surface area contributed by atoms with Gasteiger partial charge in [0.15, 0.2) is 5.13 Å². The van der Waals surface area contributed by atoms with Crippen molar-refractivity contribution < 1.29 is 19.2 Å². The van der Waals surface area contributed by atoms with Crippen molar-refractivity contribution in [2.24, 2.45) is 5.92 Å². The third-order valence-corrected chi connectivity index (χ3v) is 9.05. The maximum atomic E-state index is 12.0. The van der Waals surface area contributed by atoms with Crippen molar-refractivity contribution in [3.05, 3.63) is 40.2 Å². The number of halogens is 1. The van der Waals surface area contributed by atoms with Crippen molar-refractivity contribution >= 4 is 45.8 Å². The first-order chi connectivity index (χ1) is 20.0. The molecule has 6 rings (SSSR count). The van der Waals surface area contributed by atoms with Crippen molar-refractivity contribution in [1.29, 1.82) is 0 Å². The minimum atomic E-state index is -0.656. The van der Waals surface area contributed by atoms with Crippen LogP contribution in [0.3, 0.4) is 0 Å². The summed E-state index contributed by atoms with van der Waals surface area (Å²) in [4.78, 5) is 34.8. The Bertz CT molecular complexity index is 1500. The van der Waals surface area contributed by atoms with E-state index >= 15 is 0 Å². The second-order valence-electron chi connectivity index (χ2n) is 12.3. The first-order valence-electron chi connectivity index (χ1n) is 14.6. The van der Waals surface area contributed by atoms with E-state index in [1.165, 1.54) is 42.4 Å². The molecule has 0 unspecified atom stereocenters. The highest BCUT2D eigenvalue weighted by molar-refractivity contribution is 7.19. The number of thiazole rings is 1. The largest absolute Gasteiger partial charge is 0.528 e. The maximum Gasteiger partial charge on any atom is 0.528 e. The SMILES string of the molecule is CC(=O)Nc1nc2c(s1)-c1c(c(C3CC3)nn1-c1ccc(NCC3CCN(OC(=O)OC(C)(C)C)CC3)cc1Cl)CC2. The van der Waals surface area contributed by atoms with Crippen LogP contribution in [0.1, 0.15) is 76.2 Å². The van der Waals surface area contributed by atoms with E-state index in [0.29, 0.717) is 35.1 Å². The average Bonchev–Trinajstić information content (AvgIpc) is 3.56. The zero-order valence-electron chi connectivity index (χ0n) is 24.5. The summed E-state index contributed by atoms with van der Waals surface area (Å²) in [5.74, 6) is 0.827. The fourth-order valence-corrected chi connectivity index (χ4v) is 6.97. The van der Waals surface area contributed by atoms with Crippen LogP contribution < -0.4 is 10.6 Å². The summed E-state index contributed by atoms with van der Waals surface area (Å²) in [5.41, 5.74) is 5.71. The molecular weight excluding hydrogens is 576 g/mol. The number of benzene rings is 1. The van der Waals surface area contributed by atoms with E-state index in [4.69, 9.17) is 31.3 Å². The molecule has 1 saturated heterocycles. The molecule has 3 aliphatic rings. The van der Waals surface area contributed by atoms with Gasteiger partial charge in [0.25, 0.3) is 0 Å². The fourth-order valence-electron chi connectivity index (χ4n) is 5.59. The van der Waals surface area contributed by atoms with E-state index in [1.54, 1.807) is 5.06 Å². The number of anilines is 2. The summed E-state index contributed by atoms with van der Waals surface area (Å²) in [7, 11) is 0. The number of aromatic nitrogens is 3. The molecule has 0 spiro atoms. The van der Waals surface area contributed by atoms with Crippen LogP contribution in [0.15, 0.2) is 18.2 Å². The summed E-state index contributed by atoms with van der Waals surface area (Å²) < 4.78 is 7.24. The number of carbonyl (C=O) groups excluding carboxylic acids is 2. The molecule has 3 aromatic rings. The number of aryl methyl sites for hydroxylation is 1. The van der Waals surface area contributed by atoms with Crippen molar-refractivity contribution in [2.45, 2.75) is 77.7 Å². The second-order valence-corrected chi connectivity index (χ2v) is 13.8. The van der Waals surface area contributed by atoms with Gasteiger partial charge in [0, 0.05) is 43.7 Å². The molecule has 3 heterocycles. The van der Waals surface area contributed by atoms with Gasteiger partial charge in [0.1, 0.15) is 5.60 Å². The Morgan fingerprint density at radius 2 is 1.90 bits per heavy atom. The van der Waals surface area contributed by atoms with Crippen LogP contribution in [0.2, 0.25) is 5.02 Å². The van der Waals surface area contributed by atoms with Crippen LogP contribution in [-0.4, -0.2) is 57.1 Å². The number of nitrogens with one attached hydrogen (secondary N) is 2. The Labute approximate surface area is 254 Å². The van der Waals surface area contributed by atoms with Gasteiger partial charge in [-0.1, -0.05) is 22.9 Å². The average molecular weight is 613 g/mol. The Morgan fingerprint density at radius 3 is 2.57 bits per heavy atom. The lowest BCUT2D eigenvalue weighted by atomic mass is 9.96. The molecule has 2 fully saturated rings. The normalized spacial score (nSPS) is 17.4. The molecule has 10 nitrogen and oxygen atoms in total. The number of rotatable bonds is 7. The Kier molecular flexibility index (Phi) is 7.93. The van der Waals surface area contributed by atoms with Crippen molar-refractivity contribution in [1.82, 2.24) is 19.8 Å². The molecule has 0 atom stereocenters. The van der Waals surface area contributed by atoms with Crippen LogP contribution >= 0.6 is 22.9 Å². The Hall–Kier alpha value is -3.15. The van der Waals surface area contributed by atoms with Gasteiger partial charge in [-0.15, -0.1) is 5.06 Å². The summed E-state index contributed by atoms with van der Waals surface area (Å²) in [6.07, 6.45) is 5.21. The smallest absolute Gasteiger partial charge is 0.427 e. The molecule has 42 heavy (non-hydrogen) atoms. The molecule has 2 aliphatic carbocycles. The van der Waals surface area contributed by atoms with Crippen LogP contribution in [-0.2, 0) is 27.2 Å². The minimum absolute atomic E-state index is 0.126. The number of nitrogens with zero attached hydrogens (tertiary/aromatic N) is 4. The zero-order chi connectivity index (χ0) is 29.6. The molecule has 0 bridgehead atoms. The predicted octanol–water partition coefficient (Wildman–Crippen LogP) is 6.57. The van der Waals surface area contributed by atoms with Gasteiger partial charge < -0.3 is 20.2 Å². The lowest BCUT2D eigenvalue weighted by Gasteiger charge is -2.31. The quantitative estimate of drug-likeness (QED) is 0.288. The molecule has 1 aliphatic heterocycles. The van der Waals surface area contributed by atoms with Gasteiger partial charge in [0.05, 0.1) is 32.7 Å². The number of hydroxylamine groups is 2. The van der Waals surface area contributed by atoms with E-state index in [2.05, 4.69) is 10.6 Å². The number of hydrogen-bond acceptors (Lipinski definition) is 9. The van der Waals surface area contributed by atoms with Crippen LogP contribution in [0.5, 0.6) is 0 Å². The second kappa shape index (κ2) is 11.5. The summed E-state index contributed by atoms with van der Waals surface area (Å²) in [6.45, 7) is 9.10.